The molecule has 2 heterocycles. The number of nitrogens with one attached hydrogen (secondary N) is 2. The number of fused-ring (bicyclic) bond motifs is 1. The molecule has 3 rings (SSSR count). The minimum atomic E-state index is -0.284. The highest BCUT2D eigenvalue weighted by atomic mass is 16.3. The molecule has 1 saturated carbocycles. The lowest BCUT2D eigenvalue weighted by atomic mass is 10.2. The van der Waals surface area contributed by atoms with Crippen LogP contribution in [0.15, 0.2) is 12.7 Å². The van der Waals surface area contributed by atoms with Gasteiger partial charge >= 0.3 is 0 Å². The van der Waals surface area contributed by atoms with E-state index in [1.165, 1.54) is 6.33 Å². The minimum absolute atomic E-state index is 0.0846. The molecule has 3 N–H and O–H groups in total. The van der Waals surface area contributed by atoms with E-state index in [0.29, 0.717) is 11.5 Å². The van der Waals surface area contributed by atoms with Gasteiger partial charge in [0.05, 0.1) is 18.5 Å². The molecule has 1 aliphatic carbocycles. The van der Waals surface area contributed by atoms with E-state index in [-0.39, 0.29) is 12.1 Å². The molecule has 0 aromatic carbocycles. The van der Waals surface area contributed by atoms with Gasteiger partial charge in [0.1, 0.15) is 11.8 Å². The number of aliphatic hydroxyl groups excluding tert-OH is 1. The van der Waals surface area contributed by atoms with Gasteiger partial charge in [-0.1, -0.05) is 0 Å². The molecule has 0 radical (unpaired) electrons. The largest absolute Gasteiger partial charge is 0.391 e. The van der Waals surface area contributed by atoms with Crippen molar-refractivity contribution in [3.63, 3.8) is 0 Å². The molecule has 6 nitrogen and oxygen atoms in total. The molecule has 6 heteroatoms. The molecule has 2 aromatic heterocycles. The van der Waals surface area contributed by atoms with Gasteiger partial charge in [-0.2, -0.15) is 0 Å². The smallest absolute Gasteiger partial charge is 0.182 e. The number of nitrogens with zero attached hydrogens (tertiary/aromatic N) is 3. The maximum Gasteiger partial charge on any atom is 0.182 e. The SMILES string of the molecule is O[C@H]1CCC[C@@H]1Nc1ncnc2nc[nH]c12. The first-order valence-corrected chi connectivity index (χ1v) is 5.43. The van der Waals surface area contributed by atoms with Crippen LogP contribution in [0.25, 0.3) is 11.2 Å². The number of aliphatic hydroxyl groups is 1. The topological polar surface area (TPSA) is 86.7 Å². The van der Waals surface area contributed by atoms with Gasteiger partial charge in [-0.05, 0) is 19.3 Å². The van der Waals surface area contributed by atoms with Gasteiger partial charge < -0.3 is 15.4 Å². The summed E-state index contributed by atoms with van der Waals surface area (Å²) in [4.78, 5) is 15.3. The van der Waals surface area contributed by atoms with Gasteiger partial charge in [-0.25, -0.2) is 15.0 Å². The van der Waals surface area contributed by atoms with Crippen LogP contribution in [0.2, 0.25) is 0 Å². The molecule has 1 fully saturated rings. The minimum Gasteiger partial charge on any atom is -0.391 e. The first-order chi connectivity index (χ1) is 7.84. The van der Waals surface area contributed by atoms with Crippen molar-refractivity contribution >= 4 is 17.0 Å². The van der Waals surface area contributed by atoms with Crippen LogP contribution in [0.4, 0.5) is 5.82 Å². The van der Waals surface area contributed by atoms with Crippen LogP contribution in [0.3, 0.4) is 0 Å². The van der Waals surface area contributed by atoms with Gasteiger partial charge in [0.15, 0.2) is 11.5 Å². The number of hydrogen-bond donors (Lipinski definition) is 3. The van der Waals surface area contributed by atoms with Crippen LogP contribution in [0.1, 0.15) is 19.3 Å². The number of hydrogen-bond acceptors (Lipinski definition) is 5. The van der Waals surface area contributed by atoms with Crippen molar-refractivity contribution in [2.24, 2.45) is 0 Å². The third-order valence-electron chi connectivity index (χ3n) is 3.02. The Morgan fingerprint density at radius 3 is 3.06 bits per heavy atom. The summed E-state index contributed by atoms with van der Waals surface area (Å²) in [6.07, 6.45) is 5.67. The zero-order valence-electron chi connectivity index (χ0n) is 8.72. The summed E-state index contributed by atoms with van der Waals surface area (Å²) >= 11 is 0. The molecule has 1 aliphatic rings. The highest BCUT2D eigenvalue weighted by Gasteiger charge is 2.25. The Morgan fingerprint density at radius 1 is 1.31 bits per heavy atom. The normalized spacial score (nSPS) is 25.1. The standard InChI is InChI=1S/C10H13N5O/c16-7-3-1-2-6(7)15-10-8-9(12-4-11-8)13-5-14-10/h4-7,16H,1-3H2,(H2,11,12,13,14,15)/t6-,7-/m0/s1. The summed E-state index contributed by atoms with van der Waals surface area (Å²) in [7, 11) is 0. The maximum atomic E-state index is 9.74. The maximum absolute atomic E-state index is 9.74. The van der Waals surface area contributed by atoms with Crippen molar-refractivity contribution in [2.45, 2.75) is 31.4 Å². The number of imidazole rings is 1. The molecule has 0 spiro atoms. The number of aromatic nitrogens is 4. The fourth-order valence-corrected chi connectivity index (χ4v) is 2.16. The van der Waals surface area contributed by atoms with Crippen LogP contribution in [0, 0.1) is 0 Å². The van der Waals surface area contributed by atoms with Crippen LogP contribution in [0.5, 0.6) is 0 Å². The van der Waals surface area contributed by atoms with Gasteiger partial charge in [-0.3, -0.25) is 0 Å². The molecule has 2 atom stereocenters. The van der Waals surface area contributed by atoms with Crippen LogP contribution in [-0.2, 0) is 0 Å². The van der Waals surface area contributed by atoms with Gasteiger partial charge in [0.2, 0.25) is 0 Å². The second-order valence-corrected chi connectivity index (χ2v) is 4.07. The summed E-state index contributed by atoms with van der Waals surface area (Å²) in [6.45, 7) is 0. The Bertz CT molecular complexity index is 497. The summed E-state index contributed by atoms with van der Waals surface area (Å²) in [5.41, 5.74) is 1.44. The average molecular weight is 219 g/mol. The molecule has 84 valence electrons. The zero-order valence-corrected chi connectivity index (χ0v) is 8.72. The summed E-state index contributed by atoms with van der Waals surface area (Å²) in [6, 6.07) is 0.0846. The van der Waals surface area contributed by atoms with Crippen molar-refractivity contribution in [1.29, 1.82) is 0 Å². The van der Waals surface area contributed by atoms with Crippen molar-refractivity contribution in [2.75, 3.05) is 5.32 Å². The first kappa shape index (κ1) is 9.53. The zero-order chi connectivity index (χ0) is 11.0. The summed E-state index contributed by atoms with van der Waals surface area (Å²) in [5, 5.41) is 13.0. The number of rotatable bonds is 2. The molecular formula is C10H13N5O. The van der Waals surface area contributed by atoms with Gasteiger partial charge in [0.25, 0.3) is 0 Å². The molecule has 0 saturated heterocycles. The molecular weight excluding hydrogens is 206 g/mol. The van der Waals surface area contributed by atoms with E-state index >= 15 is 0 Å². The summed E-state index contributed by atoms with van der Waals surface area (Å²) in [5.74, 6) is 0.716. The van der Waals surface area contributed by atoms with Crippen molar-refractivity contribution in [3.8, 4) is 0 Å². The van der Waals surface area contributed by atoms with E-state index in [4.69, 9.17) is 0 Å². The van der Waals surface area contributed by atoms with Crippen molar-refractivity contribution < 1.29 is 5.11 Å². The lowest BCUT2D eigenvalue weighted by Gasteiger charge is -2.16. The van der Waals surface area contributed by atoms with Gasteiger partial charge in [-0.15, -0.1) is 0 Å². The van der Waals surface area contributed by atoms with Crippen LogP contribution >= 0.6 is 0 Å². The Labute approximate surface area is 92.1 Å². The second-order valence-electron chi connectivity index (χ2n) is 4.07. The third-order valence-corrected chi connectivity index (χ3v) is 3.02. The monoisotopic (exact) mass is 219 g/mol. The molecule has 0 unspecified atom stereocenters. The highest BCUT2D eigenvalue weighted by Crippen LogP contribution is 2.24. The Morgan fingerprint density at radius 2 is 2.25 bits per heavy atom. The van der Waals surface area contributed by atoms with E-state index in [1.807, 2.05) is 0 Å². The first-order valence-electron chi connectivity index (χ1n) is 5.43. The lowest BCUT2D eigenvalue weighted by molar-refractivity contribution is 0.171. The van der Waals surface area contributed by atoms with Crippen molar-refractivity contribution in [3.05, 3.63) is 12.7 Å². The molecule has 0 aliphatic heterocycles. The number of aromatic amines is 1. The van der Waals surface area contributed by atoms with Crippen LogP contribution < -0.4 is 5.32 Å². The molecule has 0 amide bonds. The van der Waals surface area contributed by atoms with E-state index in [1.54, 1.807) is 6.33 Å². The number of H-pyrrole nitrogens is 1. The summed E-state index contributed by atoms with van der Waals surface area (Å²) < 4.78 is 0. The van der Waals surface area contributed by atoms with Gasteiger partial charge in [0, 0.05) is 0 Å². The van der Waals surface area contributed by atoms with Crippen LogP contribution in [-0.4, -0.2) is 37.2 Å². The second kappa shape index (κ2) is 3.71. The van der Waals surface area contributed by atoms with E-state index in [2.05, 4.69) is 25.3 Å². The predicted octanol–water partition coefficient (Wildman–Crippen LogP) is 0.678. The van der Waals surface area contributed by atoms with Crippen molar-refractivity contribution in [1.82, 2.24) is 19.9 Å². The molecule has 0 bridgehead atoms. The van der Waals surface area contributed by atoms with E-state index in [9.17, 15) is 5.11 Å². The Kier molecular flexibility index (Phi) is 2.21. The Balaban J connectivity index is 1.91. The van der Waals surface area contributed by atoms with E-state index < -0.39 is 0 Å². The third kappa shape index (κ3) is 1.51. The predicted molar refractivity (Wildman–Crippen MR) is 59.0 cm³/mol. The molecule has 2 aromatic rings. The Hall–Kier alpha value is -1.69. The highest BCUT2D eigenvalue weighted by molar-refractivity contribution is 5.82. The number of anilines is 1. The molecule has 16 heavy (non-hydrogen) atoms. The lowest BCUT2D eigenvalue weighted by Crippen LogP contribution is -2.28. The fourth-order valence-electron chi connectivity index (χ4n) is 2.16. The van der Waals surface area contributed by atoms with E-state index in [0.717, 1.165) is 24.8 Å². The fraction of sp³-hybridized carbons (Fsp3) is 0.500. The average Bonchev–Trinajstić information content (AvgIpc) is 2.89. The quantitative estimate of drug-likeness (QED) is 0.691.